The molecule has 66 valence electrons. The molecule has 5 nitrogen and oxygen atoms in total. The van der Waals surface area contributed by atoms with Crippen LogP contribution in [-0.2, 0) is 19.2 Å². The molecule has 0 saturated carbocycles. The molecule has 1 atom stereocenters. The van der Waals surface area contributed by atoms with Gasteiger partial charge in [-0.25, -0.2) is 5.14 Å². The third kappa shape index (κ3) is 5.99. The highest BCUT2D eigenvalue weighted by atomic mass is 32.2. The molecule has 0 spiro atoms. The summed E-state index contributed by atoms with van der Waals surface area (Å²) >= 11 is 0. The summed E-state index contributed by atoms with van der Waals surface area (Å²) in [6.45, 7) is 3.25. The predicted octanol–water partition coefficient (Wildman–Crippen LogP) is -0.593. The van der Waals surface area contributed by atoms with Gasteiger partial charge in [0.2, 0.25) is 0 Å². The average Bonchev–Trinajstić information content (AvgIpc) is 1.88. The van der Waals surface area contributed by atoms with E-state index < -0.39 is 16.4 Å². The molecule has 0 aromatic rings. The molecule has 0 fully saturated rings. The molecule has 0 saturated heterocycles. The second-order valence-electron chi connectivity index (χ2n) is 1.79. The highest BCUT2D eigenvalue weighted by molar-refractivity contribution is 7.84. The van der Waals surface area contributed by atoms with E-state index in [9.17, 15) is 8.42 Å². The summed E-state index contributed by atoms with van der Waals surface area (Å²) in [6.07, 6.45) is 0.971. The Morgan fingerprint density at radius 3 is 2.55 bits per heavy atom. The van der Waals surface area contributed by atoms with Crippen LogP contribution >= 0.6 is 0 Å². The zero-order valence-electron chi connectivity index (χ0n) is 6.19. The van der Waals surface area contributed by atoms with Gasteiger partial charge in [0.1, 0.15) is 0 Å². The Kier molecular flexibility index (Phi) is 4.27. The second-order valence-corrected chi connectivity index (χ2v) is 3.01. The van der Waals surface area contributed by atoms with Gasteiger partial charge in [-0.2, -0.15) is 8.42 Å². The van der Waals surface area contributed by atoms with Crippen molar-refractivity contribution in [3.05, 3.63) is 12.7 Å². The summed E-state index contributed by atoms with van der Waals surface area (Å²) < 4.78 is 29.4. The van der Waals surface area contributed by atoms with Crippen LogP contribution in [0.15, 0.2) is 12.7 Å². The van der Waals surface area contributed by atoms with Crippen molar-refractivity contribution in [2.24, 2.45) is 5.14 Å². The van der Waals surface area contributed by atoms with E-state index in [0.717, 1.165) is 0 Å². The highest BCUT2D eigenvalue weighted by Crippen LogP contribution is 1.93. The van der Waals surface area contributed by atoms with Gasteiger partial charge in [-0.3, -0.25) is 4.18 Å². The van der Waals surface area contributed by atoms with E-state index in [1.807, 2.05) is 0 Å². The molecular weight excluding hydrogens is 170 g/mol. The molecule has 0 bridgehead atoms. The summed E-state index contributed by atoms with van der Waals surface area (Å²) in [7, 11) is -2.45. The molecule has 0 amide bonds. The number of nitrogens with two attached hydrogens (primary N) is 1. The van der Waals surface area contributed by atoms with E-state index in [2.05, 4.69) is 15.9 Å². The standard InChI is InChI=1S/C5H11NO4S/c1-3-5(9-2)4-10-11(6,7)8/h3,5H,1,4H2,2H3,(H2,6,7,8). The molecule has 6 heteroatoms. The molecule has 11 heavy (non-hydrogen) atoms. The molecule has 0 aromatic carbocycles. The van der Waals surface area contributed by atoms with Gasteiger partial charge in [0.15, 0.2) is 0 Å². The maximum atomic E-state index is 10.2. The van der Waals surface area contributed by atoms with Crippen molar-refractivity contribution in [1.29, 1.82) is 0 Å². The van der Waals surface area contributed by atoms with Crippen molar-refractivity contribution in [2.75, 3.05) is 13.7 Å². The number of rotatable bonds is 5. The summed E-state index contributed by atoms with van der Waals surface area (Å²) in [5, 5.41) is 4.55. The van der Waals surface area contributed by atoms with Gasteiger partial charge in [-0.05, 0) is 0 Å². The van der Waals surface area contributed by atoms with E-state index in [1.165, 1.54) is 13.2 Å². The fraction of sp³-hybridized carbons (Fsp3) is 0.600. The molecule has 0 aliphatic rings. The minimum atomic E-state index is -3.87. The molecule has 2 N–H and O–H groups in total. The zero-order chi connectivity index (χ0) is 8.91. The van der Waals surface area contributed by atoms with Crippen LogP contribution in [-0.4, -0.2) is 28.2 Å². The Labute approximate surface area is 66.0 Å². The lowest BCUT2D eigenvalue weighted by Crippen LogP contribution is -2.23. The SMILES string of the molecule is C=CC(COS(N)(=O)=O)OC. The first-order valence-corrected chi connectivity index (χ1v) is 4.29. The van der Waals surface area contributed by atoms with Crippen molar-refractivity contribution >= 4 is 10.3 Å². The van der Waals surface area contributed by atoms with Crippen LogP contribution in [0.3, 0.4) is 0 Å². The first kappa shape index (κ1) is 10.6. The van der Waals surface area contributed by atoms with Crippen LogP contribution in [0.2, 0.25) is 0 Å². The topological polar surface area (TPSA) is 78.6 Å². The number of ether oxygens (including phenoxy) is 1. The summed E-state index contributed by atoms with van der Waals surface area (Å²) in [5.41, 5.74) is 0. The second kappa shape index (κ2) is 4.45. The Morgan fingerprint density at radius 1 is 1.73 bits per heavy atom. The minimum absolute atomic E-state index is 0.140. The van der Waals surface area contributed by atoms with Crippen molar-refractivity contribution < 1.29 is 17.3 Å². The quantitative estimate of drug-likeness (QED) is 0.575. The Balaban J connectivity index is 3.78. The van der Waals surface area contributed by atoms with E-state index in [-0.39, 0.29) is 6.61 Å². The van der Waals surface area contributed by atoms with Crippen LogP contribution in [0, 0.1) is 0 Å². The third-order valence-corrected chi connectivity index (χ3v) is 1.43. The van der Waals surface area contributed by atoms with Gasteiger partial charge in [0.25, 0.3) is 0 Å². The fourth-order valence-electron chi connectivity index (χ4n) is 0.394. The Morgan fingerprint density at radius 2 is 2.27 bits per heavy atom. The monoisotopic (exact) mass is 181 g/mol. The maximum absolute atomic E-state index is 10.2. The van der Waals surface area contributed by atoms with Gasteiger partial charge in [0.05, 0.1) is 12.7 Å². The van der Waals surface area contributed by atoms with Crippen molar-refractivity contribution in [3.8, 4) is 0 Å². The zero-order valence-corrected chi connectivity index (χ0v) is 7.00. The molecule has 0 rings (SSSR count). The van der Waals surface area contributed by atoms with Crippen LogP contribution in [0.5, 0.6) is 0 Å². The summed E-state index contributed by atoms with van der Waals surface area (Å²) in [5.74, 6) is 0. The van der Waals surface area contributed by atoms with Gasteiger partial charge in [-0.15, -0.1) is 6.58 Å². The normalized spacial score (nSPS) is 14.4. The van der Waals surface area contributed by atoms with Gasteiger partial charge in [0, 0.05) is 7.11 Å². The summed E-state index contributed by atoms with van der Waals surface area (Å²) in [6, 6.07) is 0. The van der Waals surface area contributed by atoms with Crippen LogP contribution < -0.4 is 5.14 Å². The first-order valence-electron chi connectivity index (χ1n) is 2.82. The molecule has 0 aliphatic heterocycles. The lowest BCUT2D eigenvalue weighted by atomic mass is 10.4. The largest absolute Gasteiger partial charge is 0.375 e. The van der Waals surface area contributed by atoms with Crippen molar-refractivity contribution in [3.63, 3.8) is 0 Å². The third-order valence-electron chi connectivity index (χ3n) is 0.962. The van der Waals surface area contributed by atoms with Crippen LogP contribution in [0.25, 0.3) is 0 Å². The smallest absolute Gasteiger partial charge is 0.333 e. The van der Waals surface area contributed by atoms with Gasteiger partial charge >= 0.3 is 10.3 Å². The van der Waals surface area contributed by atoms with Gasteiger partial charge < -0.3 is 4.74 Å². The first-order chi connectivity index (χ1) is 4.99. The lowest BCUT2D eigenvalue weighted by Gasteiger charge is -2.08. The average molecular weight is 181 g/mol. The van der Waals surface area contributed by atoms with E-state index >= 15 is 0 Å². The van der Waals surface area contributed by atoms with Crippen molar-refractivity contribution in [1.82, 2.24) is 0 Å². The highest BCUT2D eigenvalue weighted by Gasteiger charge is 2.07. The van der Waals surface area contributed by atoms with E-state index in [0.29, 0.717) is 0 Å². The molecule has 0 aliphatic carbocycles. The van der Waals surface area contributed by atoms with Crippen LogP contribution in [0.1, 0.15) is 0 Å². The summed E-state index contributed by atoms with van der Waals surface area (Å²) in [4.78, 5) is 0. The number of hydrogen-bond donors (Lipinski definition) is 1. The number of hydrogen-bond acceptors (Lipinski definition) is 4. The Hall–Kier alpha value is -0.430. The molecule has 0 radical (unpaired) electrons. The van der Waals surface area contributed by atoms with E-state index in [4.69, 9.17) is 4.74 Å². The van der Waals surface area contributed by atoms with Crippen molar-refractivity contribution in [2.45, 2.75) is 6.10 Å². The molecular formula is C5H11NO4S. The predicted molar refractivity (Wildman–Crippen MR) is 40.1 cm³/mol. The molecule has 0 aromatic heterocycles. The molecule has 1 unspecified atom stereocenters. The number of methoxy groups -OCH3 is 1. The Bertz CT molecular complexity index is 211. The fourth-order valence-corrected chi connectivity index (χ4v) is 0.718. The van der Waals surface area contributed by atoms with Gasteiger partial charge in [-0.1, -0.05) is 6.08 Å². The lowest BCUT2D eigenvalue weighted by molar-refractivity contribution is 0.0944. The maximum Gasteiger partial charge on any atom is 0.333 e. The molecule has 0 heterocycles. The van der Waals surface area contributed by atoms with Crippen LogP contribution in [0.4, 0.5) is 0 Å². The van der Waals surface area contributed by atoms with E-state index in [1.54, 1.807) is 0 Å². The minimum Gasteiger partial charge on any atom is -0.375 e.